The highest BCUT2D eigenvalue weighted by molar-refractivity contribution is 5.79. The molecular weight excluding hydrogens is 256 g/mol. The third-order valence-electron chi connectivity index (χ3n) is 7.51. The van der Waals surface area contributed by atoms with Crippen LogP contribution in [0.1, 0.15) is 58.8 Å². The number of ketones is 1. The van der Waals surface area contributed by atoms with Gasteiger partial charge in [0.05, 0.1) is 0 Å². The SMILES string of the molecule is CC(=O)[C@@H]1CC[C@@H]2[C@@H]3CC=C4C=CCC[C@@H]4[C@H]3CC[C@]21C. The van der Waals surface area contributed by atoms with Gasteiger partial charge in [0.1, 0.15) is 5.78 Å². The lowest BCUT2D eigenvalue weighted by Gasteiger charge is -2.52. The van der Waals surface area contributed by atoms with E-state index in [0.29, 0.717) is 17.1 Å². The minimum absolute atomic E-state index is 0.308. The molecule has 0 aromatic carbocycles. The van der Waals surface area contributed by atoms with Crippen molar-refractivity contribution < 1.29 is 4.79 Å². The maximum Gasteiger partial charge on any atom is 0.133 e. The first kappa shape index (κ1) is 13.8. The minimum Gasteiger partial charge on any atom is -0.300 e. The number of Topliss-reactive ketones (excluding diaryl/α,β-unsaturated/α-hetero) is 1. The average molecular weight is 284 g/mol. The van der Waals surface area contributed by atoms with Crippen LogP contribution in [0.4, 0.5) is 0 Å². The van der Waals surface area contributed by atoms with E-state index in [1.807, 2.05) is 6.92 Å². The molecule has 0 N–H and O–H groups in total. The van der Waals surface area contributed by atoms with Gasteiger partial charge in [-0.3, -0.25) is 4.79 Å². The molecule has 1 nitrogen and oxygen atoms in total. The lowest BCUT2D eigenvalue weighted by Crippen LogP contribution is -2.46. The normalized spacial score (nSPS) is 48.1. The van der Waals surface area contributed by atoms with Crippen molar-refractivity contribution in [3.05, 3.63) is 23.8 Å². The van der Waals surface area contributed by atoms with Gasteiger partial charge in [-0.1, -0.05) is 25.2 Å². The van der Waals surface area contributed by atoms with E-state index in [0.717, 1.165) is 30.1 Å². The van der Waals surface area contributed by atoms with E-state index >= 15 is 0 Å². The van der Waals surface area contributed by atoms with Crippen LogP contribution in [0, 0.1) is 35.0 Å². The van der Waals surface area contributed by atoms with E-state index in [4.69, 9.17) is 0 Å². The number of hydrogen-bond donors (Lipinski definition) is 0. The topological polar surface area (TPSA) is 17.1 Å². The summed E-state index contributed by atoms with van der Waals surface area (Å²) in [5, 5.41) is 0. The molecule has 0 heterocycles. The summed E-state index contributed by atoms with van der Waals surface area (Å²) >= 11 is 0. The van der Waals surface area contributed by atoms with E-state index in [1.165, 1.54) is 38.5 Å². The summed E-state index contributed by atoms with van der Waals surface area (Å²) in [6, 6.07) is 0. The second kappa shape index (κ2) is 4.83. The Hall–Kier alpha value is -0.850. The maximum absolute atomic E-state index is 12.1. The van der Waals surface area contributed by atoms with Crippen LogP contribution in [0.25, 0.3) is 0 Å². The van der Waals surface area contributed by atoms with E-state index in [2.05, 4.69) is 25.2 Å². The highest BCUT2D eigenvalue weighted by atomic mass is 16.1. The largest absolute Gasteiger partial charge is 0.300 e. The van der Waals surface area contributed by atoms with Gasteiger partial charge in [-0.05, 0) is 86.5 Å². The zero-order chi connectivity index (χ0) is 14.6. The van der Waals surface area contributed by atoms with Gasteiger partial charge in [-0.25, -0.2) is 0 Å². The predicted molar refractivity (Wildman–Crippen MR) is 85.8 cm³/mol. The molecule has 0 saturated heterocycles. The first-order valence-corrected chi connectivity index (χ1v) is 8.98. The van der Waals surface area contributed by atoms with Gasteiger partial charge < -0.3 is 0 Å². The summed E-state index contributed by atoms with van der Waals surface area (Å²) in [5.74, 6) is 4.18. The molecule has 0 aromatic heterocycles. The molecule has 4 rings (SSSR count). The summed E-state index contributed by atoms with van der Waals surface area (Å²) < 4.78 is 0. The highest BCUT2D eigenvalue weighted by Gasteiger charge is 2.56. The summed E-state index contributed by atoms with van der Waals surface area (Å²) in [5.41, 5.74) is 1.94. The van der Waals surface area contributed by atoms with Gasteiger partial charge in [0, 0.05) is 5.92 Å². The minimum atomic E-state index is 0.308. The van der Waals surface area contributed by atoms with Crippen molar-refractivity contribution in [3.8, 4) is 0 Å². The molecule has 2 fully saturated rings. The van der Waals surface area contributed by atoms with Crippen molar-refractivity contribution >= 4 is 5.78 Å². The summed E-state index contributed by atoms with van der Waals surface area (Å²) in [7, 11) is 0. The van der Waals surface area contributed by atoms with Crippen molar-refractivity contribution in [2.75, 3.05) is 0 Å². The lowest BCUT2D eigenvalue weighted by molar-refractivity contribution is -0.126. The molecule has 0 aromatic rings. The van der Waals surface area contributed by atoms with Crippen LogP contribution in [0.5, 0.6) is 0 Å². The predicted octanol–water partition coefficient (Wildman–Crippen LogP) is 4.93. The molecule has 0 bridgehead atoms. The van der Waals surface area contributed by atoms with E-state index in [-0.39, 0.29) is 0 Å². The molecule has 4 aliphatic carbocycles. The van der Waals surface area contributed by atoms with Gasteiger partial charge in [0.25, 0.3) is 0 Å². The average Bonchev–Trinajstić information content (AvgIpc) is 2.84. The van der Waals surface area contributed by atoms with Crippen LogP contribution in [0.3, 0.4) is 0 Å². The van der Waals surface area contributed by atoms with E-state index < -0.39 is 0 Å². The second-order valence-electron chi connectivity index (χ2n) is 8.25. The van der Waals surface area contributed by atoms with Crippen LogP contribution in [-0.2, 0) is 4.79 Å². The first-order valence-electron chi connectivity index (χ1n) is 8.98. The highest BCUT2D eigenvalue weighted by Crippen LogP contribution is 2.62. The Morgan fingerprint density at radius 3 is 2.86 bits per heavy atom. The van der Waals surface area contributed by atoms with Crippen LogP contribution in [-0.4, -0.2) is 5.78 Å². The number of carbonyl (C=O) groups is 1. The van der Waals surface area contributed by atoms with Gasteiger partial charge >= 0.3 is 0 Å². The smallest absolute Gasteiger partial charge is 0.133 e. The van der Waals surface area contributed by atoms with Crippen molar-refractivity contribution in [3.63, 3.8) is 0 Å². The third-order valence-corrected chi connectivity index (χ3v) is 7.51. The molecule has 1 heteroatoms. The number of fused-ring (bicyclic) bond motifs is 5. The summed E-state index contributed by atoms with van der Waals surface area (Å²) in [6.07, 6.45) is 16.3. The van der Waals surface area contributed by atoms with Gasteiger partial charge in [-0.15, -0.1) is 0 Å². The Labute approximate surface area is 128 Å². The number of carbonyl (C=O) groups excluding carboxylic acids is 1. The molecule has 0 spiro atoms. The van der Waals surface area contributed by atoms with Crippen LogP contribution in [0.2, 0.25) is 0 Å². The van der Waals surface area contributed by atoms with Crippen molar-refractivity contribution in [2.45, 2.75) is 58.8 Å². The van der Waals surface area contributed by atoms with Crippen molar-refractivity contribution in [2.24, 2.45) is 35.0 Å². The Kier molecular flexibility index (Phi) is 3.17. The van der Waals surface area contributed by atoms with Crippen LogP contribution < -0.4 is 0 Å². The molecular formula is C20H28O. The van der Waals surface area contributed by atoms with Gasteiger partial charge in [-0.2, -0.15) is 0 Å². The lowest BCUT2D eigenvalue weighted by atomic mass is 9.52. The number of allylic oxidation sites excluding steroid dienone is 4. The van der Waals surface area contributed by atoms with Crippen LogP contribution in [0.15, 0.2) is 23.8 Å². The molecule has 0 amide bonds. The fourth-order valence-electron chi connectivity index (χ4n) is 6.56. The zero-order valence-electron chi connectivity index (χ0n) is 13.5. The first-order chi connectivity index (χ1) is 10.1. The fourth-order valence-corrected chi connectivity index (χ4v) is 6.56. The van der Waals surface area contributed by atoms with Crippen LogP contribution >= 0.6 is 0 Å². The summed E-state index contributed by atoms with van der Waals surface area (Å²) in [4.78, 5) is 12.1. The van der Waals surface area contributed by atoms with Gasteiger partial charge in [0.2, 0.25) is 0 Å². The number of hydrogen-bond acceptors (Lipinski definition) is 1. The Balaban J connectivity index is 1.65. The quantitative estimate of drug-likeness (QED) is 0.667. The zero-order valence-corrected chi connectivity index (χ0v) is 13.5. The van der Waals surface area contributed by atoms with E-state index in [1.54, 1.807) is 5.57 Å². The maximum atomic E-state index is 12.1. The summed E-state index contributed by atoms with van der Waals surface area (Å²) in [6.45, 7) is 4.27. The Morgan fingerprint density at radius 1 is 1.19 bits per heavy atom. The fraction of sp³-hybridized carbons (Fsp3) is 0.750. The third kappa shape index (κ3) is 1.92. The molecule has 0 radical (unpaired) electrons. The number of rotatable bonds is 1. The molecule has 21 heavy (non-hydrogen) atoms. The molecule has 4 aliphatic rings. The standard InChI is InChI=1S/C20H28O/c1-13(21)18-9-10-19-17-8-7-14-5-3-4-6-15(14)16(17)11-12-20(18,19)2/h3,5,7,15-19H,4,6,8-12H2,1-2H3/t15-,16+,17+,18-,19+,20-/m0/s1. The van der Waals surface area contributed by atoms with Crippen molar-refractivity contribution in [1.29, 1.82) is 0 Å². The van der Waals surface area contributed by atoms with Gasteiger partial charge in [0.15, 0.2) is 0 Å². The Morgan fingerprint density at radius 2 is 2.05 bits per heavy atom. The molecule has 114 valence electrons. The second-order valence-corrected chi connectivity index (χ2v) is 8.25. The molecule has 0 unspecified atom stereocenters. The Bertz CT molecular complexity index is 514. The van der Waals surface area contributed by atoms with Crippen molar-refractivity contribution in [1.82, 2.24) is 0 Å². The van der Waals surface area contributed by atoms with E-state index in [9.17, 15) is 4.79 Å². The molecule has 6 atom stereocenters. The monoisotopic (exact) mass is 284 g/mol. The molecule has 2 saturated carbocycles. The molecule has 0 aliphatic heterocycles.